The van der Waals surface area contributed by atoms with Gasteiger partial charge in [0.15, 0.2) is 11.0 Å². The zero-order chi connectivity index (χ0) is 19.2. The van der Waals surface area contributed by atoms with Crippen LogP contribution >= 0.6 is 23.1 Å². The first kappa shape index (κ1) is 19.4. The van der Waals surface area contributed by atoms with E-state index in [0.29, 0.717) is 11.7 Å². The fourth-order valence-electron chi connectivity index (χ4n) is 2.61. The highest BCUT2D eigenvalue weighted by Crippen LogP contribution is 2.27. The molecule has 5 nitrogen and oxygen atoms in total. The molecule has 0 radical (unpaired) electrons. The Balaban J connectivity index is 1.67. The van der Waals surface area contributed by atoms with Gasteiger partial charge in [-0.15, -0.1) is 28.1 Å². The van der Waals surface area contributed by atoms with Gasteiger partial charge in [0, 0.05) is 28.1 Å². The van der Waals surface area contributed by atoms with E-state index < -0.39 is 0 Å². The van der Waals surface area contributed by atoms with Gasteiger partial charge < -0.3 is 5.32 Å². The van der Waals surface area contributed by atoms with E-state index in [1.54, 1.807) is 11.3 Å². The summed E-state index contributed by atoms with van der Waals surface area (Å²) < 4.78 is 1.99. The van der Waals surface area contributed by atoms with E-state index in [1.807, 2.05) is 34.9 Å². The number of allylic oxidation sites excluding steroid dienone is 1. The maximum Gasteiger partial charge on any atom is 0.234 e. The summed E-state index contributed by atoms with van der Waals surface area (Å²) in [5.74, 6) is 1.01. The predicted molar refractivity (Wildman–Crippen MR) is 113 cm³/mol. The second-order valence-electron chi connectivity index (χ2n) is 6.04. The van der Waals surface area contributed by atoms with Gasteiger partial charge >= 0.3 is 0 Å². The maximum atomic E-state index is 12.3. The number of anilines is 1. The molecule has 2 heterocycles. The predicted octanol–water partition coefficient (Wildman–Crippen LogP) is 4.79. The Morgan fingerprint density at radius 3 is 2.74 bits per heavy atom. The molecule has 3 rings (SSSR count). The number of hydrogen-bond acceptors (Lipinski definition) is 5. The zero-order valence-electron chi connectivity index (χ0n) is 15.4. The molecular formula is C20H22N4OS2. The summed E-state index contributed by atoms with van der Waals surface area (Å²) in [4.78, 5) is 13.5. The van der Waals surface area contributed by atoms with Crippen molar-refractivity contribution in [3.05, 3.63) is 58.8 Å². The number of carbonyl (C=O) groups excluding carboxylic acids is 1. The Hall–Kier alpha value is -2.38. The normalized spacial score (nSPS) is 10.7. The Kier molecular flexibility index (Phi) is 6.47. The Labute approximate surface area is 167 Å². The quantitative estimate of drug-likeness (QED) is 0.438. The first-order chi connectivity index (χ1) is 13.1. The van der Waals surface area contributed by atoms with E-state index in [-0.39, 0.29) is 11.7 Å². The summed E-state index contributed by atoms with van der Waals surface area (Å²) in [6, 6.07) is 10.0. The first-order valence-electron chi connectivity index (χ1n) is 8.72. The lowest BCUT2D eigenvalue weighted by atomic mass is 10.1. The minimum absolute atomic E-state index is 0.0645. The number of rotatable bonds is 8. The second-order valence-corrected chi connectivity index (χ2v) is 8.10. The standard InChI is InChI=1S/C20H22N4OS2/c1-4-10-24-19(16-11-14(3)26-12-16)22-23-20(24)27-13-18(25)21-17-8-6-15(5-2)7-9-17/h4,6-9,11-12H,1,5,10,13H2,2-3H3,(H,21,25). The van der Waals surface area contributed by atoms with Gasteiger partial charge in [-0.3, -0.25) is 9.36 Å². The van der Waals surface area contributed by atoms with Gasteiger partial charge in [-0.05, 0) is 37.1 Å². The summed E-state index contributed by atoms with van der Waals surface area (Å²) in [5, 5.41) is 14.3. The molecule has 0 fully saturated rings. The number of thiophene rings is 1. The second kappa shape index (κ2) is 9.01. The number of nitrogens with zero attached hydrogens (tertiary/aromatic N) is 3. The zero-order valence-corrected chi connectivity index (χ0v) is 17.1. The third kappa shape index (κ3) is 4.87. The molecule has 7 heteroatoms. The summed E-state index contributed by atoms with van der Waals surface area (Å²) >= 11 is 3.06. The van der Waals surface area contributed by atoms with Crippen LogP contribution in [0.4, 0.5) is 5.69 Å². The van der Waals surface area contributed by atoms with Gasteiger partial charge in [0.2, 0.25) is 5.91 Å². The largest absolute Gasteiger partial charge is 0.325 e. The molecule has 0 saturated heterocycles. The van der Waals surface area contributed by atoms with Gasteiger partial charge in [0.1, 0.15) is 0 Å². The fraction of sp³-hybridized carbons (Fsp3) is 0.250. The van der Waals surface area contributed by atoms with E-state index in [9.17, 15) is 4.79 Å². The van der Waals surface area contributed by atoms with Crippen molar-refractivity contribution in [3.8, 4) is 11.4 Å². The van der Waals surface area contributed by atoms with Crippen LogP contribution < -0.4 is 5.32 Å². The van der Waals surface area contributed by atoms with Crippen LogP contribution in [0.25, 0.3) is 11.4 Å². The number of aromatic nitrogens is 3. The molecule has 2 aromatic heterocycles. The molecule has 0 aliphatic heterocycles. The average Bonchev–Trinajstić information content (AvgIpc) is 3.27. The van der Waals surface area contributed by atoms with E-state index in [4.69, 9.17) is 0 Å². The van der Waals surface area contributed by atoms with Crippen molar-refractivity contribution in [2.24, 2.45) is 0 Å². The van der Waals surface area contributed by atoms with Crippen molar-refractivity contribution in [1.82, 2.24) is 14.8 Å². The molecule has 3 aromatic rings. The third-order valence-corrected chi connectivity index (χ3v) is 5.82. The van der Waals surface area contributed by atoms with Crippen molar-refractivity contribution in [3.63, 3.8) is 0 Å². The molecule has 0 spiro atoms. The molecule has 27 heavy (non-hydrogen) atoms. The molecule has 1 aromatic carbocycles. The minimum atomic E-state index is -0.0645. The van der Waals surface area contributed by atoms with Gasteiger partial charge in [-0.25, -0.2) is 0 Å². The van der Waals surface area contributed by atoms with Crippen molar-refractivity contribution < 1.29 is 4.79 Å². The van der Waals surface area contributed by atoms with Gasteiger partial charge in [0.05, 0.1) is 5.75 Å². The number of thioether (sulfide) groups is 1. The number of hydrogen-bond donors (Lipinski definition) is 1. The number of nitrogens with one attached hydrogen (secondary N) is 1. The molecule has 0 aliphatic rings. The molecule has 0 atom stereocenters. The molecule has 0 aliphatic carbocycles. The molecule has 140 valence electrons. The lowest BCUT2D eigenvalue weighted by Gasteiger charge is -2.08. The summed E-state index contributed by atoms with van der Waals surface area (Å²) in [7, 11) is 0. The number of carbonyl (C=O) groups is 1. The van der Waals surface area contributed by atoms with Gasteiger partial charge in [0.25, 0.3) is 0 Å². The molecular weight excluding hydrogens is 376 g/mol. The SMILES string of the molecule is C=CCn1c(SCC(=O)Nc2ccc(CC)cc2)nnc1-c1csc(C)c1. The first-order valence-corrected chi connectivity index (χ1v) is 10.6. The Morgan fingerprint density at radius 2 is 2.11 bits per heavy atom. The number of benzene rings is 1. The smallest absolute Gasteiger partial charge is 0.234 e. The van der Waals surface area contributed by atoms with Crippen LogP contribution in [-0.4, -0.2) is 26.4 Å². The highest BCUT2D eigenvalue weighted by atomic mass is 32.2. The summed E-state index contributed by atoms with van der Waals surface area (Å²) in [6.07, 6.45) is 2.79. The minimum Gasteiger partial charge on any atom is -0.325 e. The maximum absolute atomic E-state index is 12.3. The van der Waals surface area contributed by atoms with Crippen molar-refractivity contribution in [1.29, 1.82) is 0 Å². The van der Waals surface area contributed by atoms with Crippen LogP contribution in [-0.2, 0) is 17.8 Å². The molecule has 0 saturated carbocycles. The van der Waals surface area contributed by atoms with Gasteiger partial charge in [-0.2, -0.15) is 0 Å². The Morgan fingerprint density at radius 1 is 1.33 bits per heavy atom. The molecule has 1 N–H and O–H groups in total. The molecule has 0 unspecified atom stereocenters. The van der Waals surface area contributed by atoms with Gasteiger partial charge in [-0.1, -0.05) is 36.9 Å². The highest BCUT2D eigenvalue weighted by Gasteiger charge is 2.15. The highest BCUT2D eigenvalue weighted by molar-refractivity contribution is 7.99. The summed E-state index contributed by atoms with van der Waals surface area (Å²) in [6.45, 7) is 8.59. The monoisotopic (exact) mass is 398 g/mol. The number of amides is 1. The van der Waals surface area contributed by atoms with Crippen LogP contribution in [0, 0.1) is 6.92 Å². The van der Waals surface area contributed by atoms with E-state index in [2.05, 4.69) is 47.4 Å². The summed E-state index contributed by atoms with van der Waals surface area (Å²) in [5.41, 5.74) is 3.09. The molecule has 0 bridgehead atoms. The van der Waals surface area contributed by atoms with E-state index in [0.717, 1.165) is 23.5 Å². The van der Waals surface area contributed by atoms with Crippen LogP contribution in [0.1, 0.15) is 17.4 Å². The van der Waals surface area contributed by atoms with Crippen molar-refractivity contribution in [2.75, 3.05) is 11.1 Å². The third-order valence-electron chi connectivity index (χ3n) is 4.00. The van der Waals surface area contributed by atoms with Crippen LogP contribution in [0.5, 0.6) is 0 Å². The fourth-order valence-corrected chi connectivity index (χ4v) is 4.04. The van der Waals surface area contributed by atoms with Crippen LogP contribution in [0.15, 0.2) is 53.5 Å². The van der Waals surface area contributed by atoms with Crippen LogP contribution in [0.3, 0.4) is 0 Å². The number of aryl methyl sites for hydroxylation is 2. The average molecular weight is 399 g/mol. The van der Waals surface area contributed by atoms with Crippen molar-refractivity contribution >= 4 is 34.7 Å². The molecule has 1 amide bonds. The van der Waals surface area contributed by atoms with Crippen molar-refractivity contribution in [2.45, 2.75) is 32.0 Å². The lowest BCUT2D eigenvalue weighted by Crippen LogP contribution is -2.14. The lowest BCUT2D eigenvalue weighted by molar-refractivity contribution is -0.113. The van der Waals surface area contributed by atoms with Crippen LogP contribution in [0.2, 0.25) is 0 Å². The Bertz CT molecular complexity index is 928. The van der Waals surface area contributed by atoms with E-state index >= 15 is 0 Å². The topological polar surface area (TPSA) is 59.8 Å². The van der Waals surface area contributed by atoms with E-state index in [1.165, 1.54) is 22.2 Å².